The number of hydrogen-bond acceptors (Lipinski definition) is 3. The summed E-state index contributed by atoms with van der Waals surface area (Å²) < 4.78 is 10.5. The maximum Gasteiger partial charge on any atom is 0.137 e. The zero-order chi connectivity index (χ0) is 13.1. The lowest BCUT2D eigenvalue weighted by Crippen LogP contribution is -2.17. The molecule has 0 aliphatic carbocycles. The highest BCUT2D eigenvalue weighted by Gasteiger charge is 2.17. The van der Waals surface area contributed by atoms with Gasteiger partial charge in [0.05, 0.1) is 24.4 Å². The van der Waals surface area contributed by atoms with E-state index in [9.17, 15) is 0 Å². The first-order chi connectivity index (χ1) is 8.67. The molecule has 0 fully saturated rings. The fourth-order valence-electron chi connectivity index (χ4n) is 2.06. The van der Waals surface area contributed by atoms with Crippen molar-refractivity contribution in [3.05, 3.63) is 52.4 Å². The second kappa shape index (κ2) is 5.46. The van der Waals surface area contributed by atoms with Gasteiger partial charge < -0.3 is 14.5 Å². The van der Waals surface area contributed by atoms with E-state index in [2.05, 4.69) is 5.32 Å². The van der Waals surface area contributed by atoms with Gasteiger partial charge in [0.2, 0.25) is 0 Å². The highest BCUT2D eigenvalue weighted by Crippen LogP contribution is 2.31. The molecule has 1 aromatic heterocycles. The van der Waals surface area contributed by atoms with E-state index in [0.29, 0.717) is 10.8 Å². The summed E-state index contributed by atoms with van der Waals surface area (Å²) in [4.78, 5) is 0. The van der Waals surface area contributed by atoms with E-state index in [4.69, 9.17) is 20.8 Å². The predicted molar refractivity (Wildman–Crippen MR) is 72.4 cm³/mol. The summed E-state index contributed by atoms with van der Waals surface area (Å²) in [7, 11) is 3.52. The Hall–Kier alpha value is -1.45. The maximum atomic E-state index is 6.16. The molecule has 1 atom stereocenters. The zero-order valence-corrected chi connectivity index (χ0v) is 11.4. The number of rotatable bonds is 4. The second-order valence-electron chi connectivity index (χ2n) is 4.05. The van der Waals surface area contributed by atoms with Gasteiger partial charge in [-0.2, -0.15) is 0 Å². The Labute approximate surface area is 112 Å². The van der Waals surface area contributed by atoms with Crippen molar-refractivity contribution in [1.82, 2.24) is 5.32 Å². The van der Waals surface area contributed by atoms with Gasteiger partial charge in [-0.05, 0) is 37.7 Å². The molecule has 0 spiro atoms. The molecule has 0 aliphatic rings. The molecule has 0 saturated heterocycles. The van der Waals surface area contributed by atoms with Crippen molar-refractivity contribution in [2.75, 3.05) is 14.2 Å². The molecule has 0 amide bonds. The summed E-state index contributed by atoms with van der Waals surface area (Å²) in [5.41, 5.74) is 2.19. The van der Waals surface area contributed by atoms with E-state index in [0.717, 1.165) is 16.9 Å². The van der Waals surface area contributed by atoms with E-state index < -0.39 is 0 Å². The van der Waals surface area contributed by atoms with Gasteiger partial charge in [-0.3, -0.25) is 0 Å². The average Bonchev–Trinajstić information content (AvgIpc) is 2.77. The van der Waals surface area contributed by atoms with E-state index >= 15 is 0 Å². The molecule has 0 bridgehead atoms. The summed E-state index contributed by atoms with van der Waals surface area (Å²) in [5.74, 6) is 1.58. The molecule has 0 aliphatic heterocycles. The molecule has 2 rings (SSSR count). The summed E-state index contributed by atoms with van der Waals surface area (Å²) in [6.45, 7) is 1.95. The molecular formula is C14H16ClNO2. The number of furan rings is 1. The van der Waals surface area contributed by atoms with Crippen LogP contribution in [0, 0.1) is 6.92 Å². The quantitative estimate of drug-likeness (QED) is 0.918. The molecule has 3 nitrogen and oxygen atoms in total. The van der Waals surface area contributed by atoms with Crippen molar-refractivity contribution in [2.24, 2.45) is 0 Å². The maximum absolute atomic E-state index is 6.16. The molecule has 96 valence electrons. The number of benzene rings is 1. The SMILES string of the molecule is CNC(c1ccc(OC)c(Cl)c1)c1ccoc1C. The molecule has 1 N–H and O–H groups in total. The third kappa shape index (κ3) is 2.37. The van der Waals surface area contributed by atoms with Gasteiger partial charge in [0.25, 0.3) is 0 Å². The Balaban J connectivity index is 2.40. The van der Waals surface area contributed by atoms with Gasteiger partial charge in [0.15, 0.2) is 0 Å². The van der Waals surface area contributed by atoms with Gasteiger partial charge in [-0.1, -0.05) is 17.7 Å². The molecule has 2 aromatic rings. The van der Waals surface area contributed by atoms with Gasteiger partial charge in [0.1, 0.15) is 11.5 Å². The van der Waals surface area contributed by atoms with Crippen molar-refractivity contribution in [2.45, 2.75) is 13.0 Å². The molecule has 1 heterocycles. The van der Waals surface area contributed by atoms with Gasteiger partial charge in [0, 0.05) is 5.56 Å². The Bertz CT molecular complexity index is 536. The highest BCUT2D eigenvalue weighted by atomic mass is 35.5. The number of hydrogen-bond donors (Lipinski definition) is 1. The first-order valence-corrected chi connectivity index (χ1v) is 6.10. The summed E-state index contributed by atoms with van der Waals surface area (Å²) in [6.07, 6.45) is 1.69. The van der Waals surface area contributed by atoms with Crippen LogP contribution in [-0.4, -0.2) is 14.2 Å². The van der Waals surface area contributed by atoms with Gasteiger partial charge >= 0.3 is 0 Å². The molecule has 18 heavy (non-hydrogen) atoms. The fourth-order valence-corrected chi connectivity index (χ4v) is 2.32. The minimum Gasteiger partial charge on any atom is -0.495 e. The van der Waals surface area contributed by atoms with Crippen LogP contribution in [0.3, 0.4) is 0 Å². The first-order valence-electron chi connectivity index (χ1n) is 5.72. The van der Waals surface area contributed by atoms with Crippen LogP contribution in [0.5, 0.6) is 5.75 Å². The molecule has 1 unspecified atom stereocenters. The molecule has 0 saturated carbocycles. The van der Waals surface area contributed by atoms with Crippen molar-refractivity contribution in [3.8, 4) is 5.75 Å². The lowest BCUT2D eigenvalue weighted by atomic mass is 9.99. The Morgan fingerprint density at radius 3 is 2.61 bits per heavy atom. The second-order valence-corrected chi connectivity index (χ2v) is 4.45. The van der Waals surface area contributed by atoms with E-state index in [-0.39, 0.29) is 6.04 Å². The normalized spacial score (nSPS) is 12.4. The lowest BCUT2D eigenvalue weighted by molar-refractivity contribution is 0.414. The number of ether oxygens (including phenoxy) is 1. The van der Waals surface area contributed by atoms with Crippen LogP contribution in [0.2, 0.25) is 5.02 Å². The van der Waals surface area contributed by atoms with Crippen LogP contribution >= 0.6 is 11.6 Å². The van der Waals surface area contributed by atoms with Crippen molar-refractivity contribution >= 4 is 11.6 Å². The van der Waals surface area contributed by atoms with Crippen LogP contribution < -0.4 is 10.1 Å². The fraction of sp³-hybridized carbons (Fsp3) is 0.286. The standard InChI is InChI=1S/C14H16ClNO2/c1-9-11(6-7-18-9)14(16-2)10-4-5-13(17-3)12(15)8-10/h4-8,14,16H,1-3H3. The Morgan fingerprint density at radius 2 is 2.11 bits per heavy atom. The molecule has 1 aromatic carbocycles. The van der Waals surface area contributed by atoms with Gasteiger partial charge in [-0.25, -0.2) is 0 Å². The summed E-state index contributed by atoms with van der Waals surface area (Å²) in [5, 5.41) is 3.87. The largest absolute Gasteiger partial charge is 0.495 e. The van der Waals surface area contributed by atoms with Crippen LogP contribution in [0.25, 0.3) is 0 Å². The van der Waals surface area contributed by atoms with E-state index in [1.165, 1.54) is 0 Å². The van der Waals surface area contributed by atoms with Crippen molar-refractivity contribution in [3.63, 3.8) is 0 Å². The molecule has 0 radical (unpaired) electrons. The van der Waals surface area contributed by atoms with Crippen molar-refractivity contribution < 1.29 is 9.15 Å². The molecule has 4 heteroatoms. The highest BCUT2D eigenvalue weighted by molar-refractivity contribution is 6.32. The van der Waals surface area contributed by atoms with Gasteiger partial charge in [-0.15, -0.1) is 0 Å². The summed E-state index contributed by atoms with van der Waals surface area (Å²) in [6, 6.07) is 7.81. The van der Waals surface area contributed by atoms with E-state index in [1.54, 1.807) is 13.4 Å². The number of nitrogens with one attached hydrogen (secondary N) is 1. The minimum atomic E-state index is 0.0622. The average molecular weight is 266 g/mol. The third-order valence-corrected chi connectivity index (χ3v) is 3.30. The third-order valence-electron chi connectivity index (χ3n) is 3.01. The van der Waals surface area contributed by atoms with E-state index in [1.807, 2.05) is 38.2 Å². The number of halogens is 1. The zero-order valence-electron chi connectivity index (χ0n) is 10.7. The Morgan fingerprint density at radius 1 is 1.33 bits per heavy atom. The topological polar surface area (TPSA) is 34.4 Å². The first kappa shape index (κ1) is 13.0. The van der Waals surface area contributed by atoms with Crippen LogP contribution in [0.4, 0.5) is 0 Å². The predicted octanol–water partition coefficient (Wildman–Crippen LogP) is 3.56. The molecular weight excluding hydrogens is 250 g/mol. The number of aryl methyl sites for hydroxylation is 1. The van der Waals surface area contributed by atoms with Crippen LogP contribution in [0.15, 0.2) is 34.9 Å². The minimum absolute atomic E-state index is 0.0622. The summed E-state index contributed by atoms with van der Waals surface area (Å²) >= 11 is 6.16. The van der Waals surface area contributed by atoms with Crippen molar-refractivity contribution in [1.29, 1.82) is 0 Å². The van der Waals surface area contributed by atoms with Crippen LogP contribution in [-0.2, 0) is 0 Å². The lowest BCUT2D eigenvalue weighted by Gasteiger charge is -2.17. The smallest absolute Gasteiger partial charge is 0.137 e. The van der Waals surface area contributed by atoms with Crippen LogP contribution in [0.1, 0.15) is 22.9 Å². The number of methoxy groups -OCH3 is 1. The Kier molecular flexibility index (Phi) is 3.94. The monoisotopic (exact) mass is 265 g/mol.